The largest absolute Gasteiger partial charge is 0.377 e. The highest BCUT2D eigenvalue weighted by molar-refractivity contribution is 7.99. The third-order valence-corrected chi connectivity index (χ3v) is 5.42. The number of hydrogen-bond donors (Lipinski definition) is 1. The topological polar surface area (TPSA) is 81.4 Å². The lowest BCUT2D eigenvalue weighted by atomic mass is 10.2. The van der Waals surface area contributed by atoms with Crippen molar-refractivity contribution in [3.05, 3.63) is 66.0 Å². The maximum Gasteiger partial charge on any atom is 0.230 e. The molecule has 4 aromatic rings. The first-order valence-corrected chi connectivity index (χ1v) is 10.8. The van der Waals surface area contributed by atoms with E-state index in [0.29, 0.717) is 30.7 Å². The van der Waals surface area contributed by atoms with Crippen LogP contribution in [0.2, 0.25) is 0 Å². The summed E-state index contributed by atoms with van der Waals surface area (Å²) in [6.45, 7) is 3.62. The Morgan fingerprint density at radius 2 is 1.90 bits per heavy atom. The standard InChI is InChI=1S/C22H23N5O2S/c1-16-24-21-18-10-5-6-11-19(18)25-22(27(21)26-16)30-15-20(28)23-12-7-13-29-14-17-8-3-2-4-9-17/h2-6,8-11H,7,12-15H2,1H3,(H,23,28). The molecule has 0 aliphatic rings. The summed E-state index contributed by atoms with van der Waals surface area (Å²) in [4.78, 5) is 21.4. The van der Waals surface area contributed by atoms with Gasteiger partial charge in [-0.1, -0.05) is 54.2 Å². The van der Waals surface area contributed by atoms with E-state index < -0.39 is 0 Å². The molecule has 2 aromatic heterocycles. The Bertz CT molecular complexity index is 1150. The fourth-order valence-corrected chi connectivity index (χ4v) is 3.85. The molecule has 0 aliphatic heterocycles. The van der Waals surface area contributed by atoms with Crippen LogP contribution in [0.3, 0.4) is 0 Å². The van der Waals surface area contributed by atoms with Crippen molar-refractivity contribution in [3.63, 3.8) is 0 Å². The molecule has 8 heteroatoms. The number of rotatable bonds is 9. The SMILES string of the molecule is Cc1nc2c3ccccc3nc(SCC(=O)NCCCOCc3ccccc3)n2n1. The Kier molecular flexibility index (Phi) is 6.56. The van der Waals surface area contributed by atoms with Gasteiger partial charge in [0.25, 0.3) is 0 Å². The fourth-order valence-electron chi connectivity index (χ4n) is 3.07. The van der Waals surface area contributed by atoms with Crippen molar-refractivity contribution in [1.29, 1.82) is 0 Å². The van der Waals surface area contributed by atoms with Gasteiger partial charge in [0.1, 0.15) is 5.82 Å². The van der Waals surface area contributed by atoms with Crippen molar-refractivity contribution in [3.8, 4) is 0 Å². The molecule has 4 rings (SSSR count). The van der Waals surface area contributed by atoms with Crippen LogP contribution in [0.5, 0.6) is 0 Å². The van der Waals surface area contributed by atoms with Crippen molar-refractivity contribution >= 4 is 34.2 Å². The van der Waals surface area contributed by atoms with E-state index in [9.17, 15) is 4.79 Å². The van der Waals surface area contributed by atoms with Crippen LogP contribution in [0, 0.1) is 6.92 Å². The van der Waals surface area contributed by atoms with Crippen molar-refractivity contribution < 1.29 is 9.53 Å². The lowest BCUT2D eigenvalue weighted by Crippen LogP contribution is -2.27. The molecule has 7 nitrogen and oxygen atoms in total. The van der Waals surface area contributed by atoms with Gasteiger partial charge in [0.05, 0.1) is 17.9 Å². The van der Waals surface area contributed by atoms with Gasteiger partial charge in [-0.3, -0.25) is 4.79 Å². The molecule has 30 heavy (non-hydrogen) atoms. The quantitative estimate of drug-likeness (QED) is 0.253. The monoisotopic (exact) mass is 421 g/mol. The number of amides is 1. The summed E-state index contributed by atoms with van der Waals surface area (Å²) in [5.41, 5.74) is 2.75. The molecule has 2 heterocycles. The minimum atomic E-state index is -0.0389. The third kappa shape index (κ3) is 4.95. The number of ether oxygens (including phenoxy) is 1. The van der Waals surface area contributed by atoms with Crippen LogP contribution in [-0.2, 0) is 16.1 Å². The average Bonchev–Trinajstić information content (AvgIpc) is 3.17. The second-order valence-corrected chi connectivity index (χ2v) is 7.78. The van der Waals surface area contributed by atoms with Crippen LogP contribution >= 0.6 is 11.8 Å². The van der Waals surface area contributed by atoms with Crippen LogP contribution in [-0.4, -0.2) is 44.4 Å². The van der Waals surface area contributed by atoms with Gasteiger partial charge < -0.3 is 10.1 Å². The van der Waals surface area contributed by atoms with Crippen molar-refractivity contribution in [1.82, 2.24) is 24.9 Å². The minimum Gasteiger partial charge on any atom is -0.377 e. The summed E-state index contributed by atoms with van der Waals surface area (Å²) in [5.74, 6) is 0.905. The molecule has 0 saturated carbocycles. The molecule has 0 aliphatic carbocycles. The van der Waals surface area contributed by atoms with E-state index in [1.165, 1.54) is 11.8 Å². The third-order valence-electron chi connectivity index (χ3n) is 4.49. The van der Waals surface area contributed by atoms with Gasteiger partial charge in [-0.2, -0.15) is 4.52 Å². The summed E-state index contributed by atoms with van der Waals surface area (Å²) in [5, 5.41) is 8.97. The zero-order chi connectivity index (χ0) is 20.8. The molecule has 0 saturated heterocycles. The van der Waals surface area contributed by atoms with E-state index in [-0.39, 0.29) is 11.7 Å². The summed E-state index contributed by atoms with van der Waals surface area (Å²) in [6, 6.07) is 17.9. The zero-order valence-electron chi connectivity index (χ0n) is 16.7. The highest BCUT2D eigenvalue weighted by atomic mass is 32.2. The maximum absolute atomic E-state index is 12.2. The molecule has 2 aromatic carbocycles. The normalized spacial score (nSPS) is 11.2. The summed E-state index contributed by atoms with van der Waals surface area (Å²) >= 11 is 1.36. The van der Waals surface area contributed by atoms with Gasteiger partial charge >= 0.3 is 0 Å². The van der Waals surface area contributed by atoms with Crippen LogP contribution in [0.15, 0.2) is 59.8 Å². The van der Waals surface area contributed by atoms with Gasteiger partial charge in [-0.25, -0.2) is 9.97 Å². The second kappa shape index (κ2) is 9.69. The van der Waals surface area contributed by atoms with Crippen LogP contribution in [0.25, 0.3) is 16.6 Å². The Hall–Kier alpha value is -2.97. The van der Waals surface area contributed by atoms with Crippen LogP contribution in [0.4, 0.5) is 0 Å². The lowest BCUT2D eigenvalue weighted by molar-refractivity contribution is -0.118. The van der Waals surface area contributed by atoms with Gasteiger partial charge in [0, 0.05) is 18.5 Å². The molecule has 0 spiro atoms. The number of nitrogens with zero attached hydrogens (tertiary/aromatic N) is 4. The number of hydrogen-bond acceptors (Lipinski definition) is 6. The van der Waals surface area contributed by atoms with Gasteiger partial charge in [0.15, 0.2) is 10.8 Å². The van der Waals surface area contributed by atoms with Gasteiger partial charge in [-0.15, -0.1) is 5.10 Å². The lowest BCUT2D eigenvalue weighted by Gasteiger charge is -2.08. The van der Waals surface area contributed by atoms with E-state index in [2.05, 4.69) is 20.4 Å². The van der Waals surface area contributed by atoms with E-state index in [0.717, 1.165) is 28.5 Å². The molecule has 0 fully saturated rings. The first-order chi connectivity index (χ1) is 14.7. The van der Waals surface area contributed by atoms with Crippen molar-refractivity contribution in [2.75, 3.05) is 18.9 Å². The number of fused-ring (bicyclic) bond motifs is 3. The smallest absolute Gasteiger partial charge is 0.230 e. The van der Waals surface area contributed by atoms with Gasteiger partial charge in [-0.05, 0) is 31.0 Å². The molecule has 1 N–H and O–H groups in total. The molecule has 154 valence electrons. The Labute approximate surface area is 178 Å². The Morgan fingerprint density at radius 3 is 2.77 bits per heavy atom. The van der Waals surface area contributed by atoms with Crippen LogP contribution < -0.4 is 5.32 Å². The number of para-hydroxylation sites is 1. The summed E-state index contributed by atoms with van der Waals surface area (Å²) < 4.78 is 7.35. The zero-order valence-corrected chi connectivity index (χ0v) is 17.6. The number of nitrogens with one attached hydrogen (secondary N) is 1. The molecule has 0 unspecified atom stereocenters. The number of carbonyl (C=O) groups is 1. The molecular weight excluding hydrogens is 398 g/mol. The Morgan fingerprint density at radius 1 is 1.10 bits per heavy atom. The number of thioether (sulfide) groups is 1. The van der Waals surface area contributed by atoms with Crippen molar-refractivity contribution in [2.45, 2.75) is 25.1 Å². The molecular formula is C22H23N5O2S. The summed E-state index contributed by atoms with van der Waals surface area (Å²) in [7, 11) is 0. The molecule has 0 radical (unpaired) electrons. The minimum absolute atomic E-state index is 0.0389. The number of carbonyl (C=O) groups excluding carboxylic acids is 1. The van der Waals surface area contributed by atoms with E-state index in [1.807, 2.05) is 61.5 Å². The predicted molar refractivity (Wildman–Crippen MR) is 117 cm³/mol. The number of aryl methyl sites for hydroxylation is 1. The first kappa shape index (κ1) is 20.3. The van der Waals surface area contributed by atoms with Gasteiger partial charge in [0.2, 0.25) is 5.91 Å². The van der Waals surface area contributed by atoms with E-state index in [4.69, 9.17) is 4.74 Å². The highest BCUT2D eigenvalue weighted by Crippen LogP contribution is 2.23. The Balaban J connectivity index is 1.26. The van der Waals surface area contributed by atoms with Crippen LogP contribution in [0.1, 0.15) is 17.8 Å². The number of aromatic nitrogens is 4. The predicted octanol–water partition coefficient (Wildman–Crippen LogP) is 3.40. The fraction of sp³-hybridized carbons (Fsp3) is 0.273. The second-order valence-electron chi connectivity index (χ2n) is 6.84. The molecule has 1 amide bonds. The molecule has 0 bridgehead atoms. The molecule has 0 atom stereocenters. The highest BCUT2D eigenvalue weighted by Gasteiger charge is 2.13. The van der Waals surface area contributed by atoms with E-state index in [1.54, 1.807) is 4.52 Å². The van der Waals surface area contributed by atoms with E-state index >= 15 is 0 Å². The van der Waals surface area contributed by atoms with Crippen molar-refractivity contribution in [2.24, 2.45) is 0 Å². The average molecular weight is 422 g/mol. The number of benzene rings is 2. The first-order valence-electron chi connectivity index (χ1n) is 9.84. The summed E-state index contributed by atoms with van der Waals surface area (Å²) in [6.07, 6.45) is 0.768. The maximum atomic E-state index is 12.2.